The van der Waals surface area contributed by atoms with Crippen molar-refractivity contribution in [3.05, 3.63) is 35.8 Å². The van der Waals surface area contributed by atoms with E-state index in [0.29, 0.717) is 38.0 Å². The lowest BCUT2D eigenvalue weighted by Crippen LogP contribution is -2.40. The third kappa shape index (κ3) is 3.81. The van der Waals surface area contributed by atoms with Crippen LogP contribution in [0.15, 0.2) is 23.0 Å². The molecule has 4 rings (SSSR count). The van der Waals surface area contributed by atoms with Crippen molar-refractivity contribution in [2.24, 2.45) is 7.05 Å². The maximum atomic E-state index is 12.5. The number of rotatable bonds is 4. The van der Waals surface area contributed by atoms with Gasteiger partial charge < -0.3 is 14.1 Å². The summed E-state index contributed by atoms with van der Waals surface area (Å²) in [5.74, 6) is 1.25. The van der Waals surface area contributed by atoms with Gasteiger partial charge in [0.2, 0.25) is 5.76 Å². The Labute approximate surface area is 152 Å². The molecule has 2 aliphatic rings. The summed E-state index contributed by atoms with van der Waals surface area (Å²) < 4.78 is 12.9. The summed E-state index contributed by atoms with van der Waals surface area (Å²) in [5.41, 5.74) is 1.24. The summed E-state index contributed by atoms with van der Waals surface area (Å²) in [6, 6.07) is 0. The van der Waals surface area contributed by atoms with E-state index in [1.807, 2.05) is 17.9 Å². The topological polar surface area (TPSA) is 76.6 Å². The van der Waals surface area contributed by atoms with E-state index in [1.54, 1.807) is 11.1 Å². The molecule has 0 N–H and O–H groups in total. The van der Waals surface area contributed by atoms with Crippen LogP contribution in [-0.4, -0.2) is 69.9 Å². The van der Waals surface area contributed by atoms with E-state index in [1.165, 1.54) is 5.56 Å². The first kappa shape index (κ1) is 17.2. The molecule has 0 aromatic carbocycles. The van der Waals surface area contributed by atoms with Crippen molar-refractivity contribution >= 4 is 5.91 Å². The summed E-state index contributed by atoms with van der Waals surface area (Å²) in [6.07, 6.45) is 7.54. The summed E-state index contributed by atoms with van der Waals surface area (Å²) in [6.45, 7) is 5.31. The molecule has 26 heavy (non-hydrogen) atoms. The van der Waals surface area contributed by atoms with Crippen molar-refractivity contribution in [1.82, 2.24) is 24.6 Å². The summed E-state index contributed by atoms with van der Waals surface area (Å²) in [5, 5.41) is 4.22. The number of piperidine rings is 1. The molecular weight excluding hydrogens is 334 g/mol. The average Bonchev–Trinajstić information content (AvgIpc) is 3.32. The Hall–Kier alpha value is -2.19. The van der Waals surface area contributed by atoms with Crippen molar-refractivity contribution in [1.29, 1.82) is 0 Å². The fraction of sp³-hybridized carbons (Fsp3) is 0.611. The monoisotopic (exact) mass is 359 g/mol. The van der Waals surface area contributed by atoms with Crippen LogP contribution in [0.2, 0.25) is 0 Å². The van der Waals surface area contributed by atoms with Gasteiger partial charge in [-0.05, 0) is 25.9 Å². The van der Waals surface area contributed by atoms with Gasteiger partial charge in [0.25, 0.3) is 5.91 Å². The molecular formula is C18H25N5O3. The molecule has 140 valence electrons. The number of aromatic nitrogens is 3. The van der Waals surface area contributed by atoms with Gasteiger partial charge in [-0.15, -0.1) is 0 Å². The number of hydrogen-bond acceptors (Lipinski definition) is 6. The zero-order valence-electron chi connectivity index (χ0n) is 15.1. The van der Waals surface area contributed by atoms with E-state index in [0.717, 1.165) is 32.5 Å². The van der Waals surface area contributed by atoms with Gasteiger partial charge in [0, 0.05) is 44.4 Å². The number of hydrogen-bond donors (Lipinski definition) is 0. The molecule has 0 aliphatic carbocycles. The number of likely N-dealkylation sites (tertiary alicyclic amines) is 1. The Balaban J connectivity index is 1.32. The molecule has 2 fully saturated rings. The number of nitrogens with zero attached hydrogens (tertiary/aromatic N) is 5. The molecule has 2 saturated heterocycles. The fourth-order valence-corrected chi connectivity index (χ4v) is 3.65. The standard InChI is InChI=1S/C18H25N5O3/c1-21-12-14(10-20-21)13-22-4-2-15(3-5-22)17-19-11-16(26-17)18(24)23-6-8-25-9-7-23/h10-12,15H,2-9,13H2,1H3. The van der Waals surface area contributed by atoms with Crippen LogP contribution in [-0.2, 0) is 18.3 Å². The van der Waals surface area contributed by atoms with Gasteiger partial charge in [-0.25, -0.2) is 4.98 Å². The quantitative estimate of drug-likeness (QED) is 0.818. The first-order valence-electron chi connectivity index (χ1n) is 9.21. The van der Waals surface area contributed by atoms with Crippen molar-refractivity contribution < 1.29 is 13.9 Å². The van der Waals surface area contributed by atoms with Gasteiger partial charge in [0.15, 0.2) is 5.89 Å². The highest BCUT2D eigenvalue weighted by molar-refractivity contribution is 5.91. The maximum absolute atomic E-state index is 12.5. The highest BCUT2D eigenvalue weighted by Gasteiger charge is 2.27. The van der Waals surface area contributed by atoms with E-state index >= 15 is 0 Å². The normalized spacial score (nSPS) is 19.8. The predicted molar refractivity (Wildman–Crippen MR) is 93.7 cm³/mol. The maximum Gasteiger partial charge on any atom is 0.291 e. The molecule has 2 aliphatic heterocycles. The molecule has 1 amide bonds. The first-order valence-corrected chi connectivity index (χ1v) is 9.21. The Morgan fingerprint density at radius 2 is 1.96 bits per heavy atom. The Morgan fingerprint density at radius 1 is 1.19 bits per heavy atom. The SMILES string of the molecule is Cn1cc(CN2CCC(c3ncc(C(=O)N4CCOCC4)o3)CC2)cn1. The van der Waals surface area contributed by atoms with Crippen LogP contribution < -0.4 is 0 Å². The van der Waals surface area contributed by atoms with Crippen molar-refractivity contribution in [2.75, 3.05) is 39.4 Å². The molecule has 0 unspecified atom stereocenters. The third-order valence-corrected chi connectivity index (χ3v) is 5.13. The van der Waals surface area contributed by atoms with Gasteiger partial charge in [0.05, 0.1) is 25.6 Å². The second-order valence-corrected chi connectivity index (χ2v) is 7.04. The summed E-state index contributed by atoms with van der Waals surface area (Å²) in [4.78, 5) is 21.1. The molecule has 8 nitrogen and oxygen atoms in total. The van der Waals surface area contributed by atoms with E-state index in [2.05, 4.69) is 21.2 Å². The Morgan fingerprint density at radius 3 is 2.65 bits per heavy atom. The number of carbonyl (C=O) groups excluding carboxylic acids is 1. The van der Waals surface area contributed by atoms with Crippen LogP contribution in [0, 0.1) is 0 Å². The van der Waals surface area contributed by atoms with Gasteiger partial charge in [-0.1, -0.05) is 0 Å². The average molecular weight is 359 g/mol. The van der Waals surface area contributed by atoms with Crippen LogP contribution in [0.5, 0.6) is 0 Å². The number of aryl methyl sites for hydroxylation is 1. The lowest BCUT2D eigenvalue weighted by molar-refractivity contribution is 0.0281. The lowest BCUT2D eigenvalue weighted by atomic mass is 9.96. The fourth-order valence-electron chi connectivity index (χ4n) is 3.65. The molecule has 0 atom stereocenters. The van der Waals surface area contributed by atoms with Gasteiger partial charge in [0.1, 0.15) is 0 Å². The molecule has 8 heteroatoms. The van der Waals surface area contributed by atoms with Crippen molar-refractivity contribution in [3.63, 3.8) is 0 Å². The molecule has 0 radical (unpaired) electrons. The lowest BCUT2D eigenvalue weighted by Gasteiger charge is -2.30. The highest BCUT2D eigenvalue weighted by atomic mass is 16.5. The zero-order chi connectivity index (χ0) is 17.9. The minimum atomic E-state index is -0.0823. The van der Waals surface area contributed by atoms with E-state index in [4.69, 9.17) is 9.15 Å². The van der Waals surface area contributed by atoms with Crippen molar-refractivity contribution in [2.45, 2.75) is 25.3 Å². The number of carbonyl (C=O) groups is 1. The summed E-state index contributed by atoms with van der Waals surface area (Å²) >= 11 is 0. The van der Waals surface area contributed by atoms with Gasteiger partial charge in [-0.2, -0.15) is 5.10 Å². The minimum absolute atomic E-state index is 0.0823. The Kier molecular flexibility index (Phi) is 5.03. The number of ether oxygens (including phenoxy) is 1. The number of oxazole rings is 1. The molecule has 4 heterocycles. The molecule has 2 aromatic rings. The highest BCUT2D eigenvalue weighted by Crippen LogP contribution is 2.28. The van der Waals surface area contributed by atoms with Gasteiger partial charge >= 0.3 is 0 Å². The minimum Gasteiger partial charge on any atom is -0.435 e. The van der Waals surface area contributed by atoms with Crippen LogP contribution in [0.1, 0.15) is 40.8 Å². The number of morpholine rings is 1. The second-order valence-electron chi connectivity index (χ2n) is 7.04. The van der Waals surface area contributed by atoms with Crippen LogP contribution in [0.25, 0.3) is 0 Å². The third-order valence-electron chi connectivity index (χ3n) is 5.13. The second kappa shape index (κ2) is 7.59. The molecule has 0 bridgehead atoms. The number of amides is 1. The van der Waals surface area contributed by atoms with Crippen LogP contribution >= 0.6 is 0 Å². The Bertz CT molecular complexity index is 742. The van der Waals surface area contributed by atoms with Crippen molar-refractivity contribution in [3.8, 4) is 0 Å². The smallest absolute Gasteiger partial charge is 0.291 e. The van der Waals surface area contributed by atoms with Gasteiger partial charge in [-0.3, -0.25) is 14.4 Å². The van der Waals surface area contributed by atoms with Crippen LogP contribution in [0.3, 0.4) is 0 Å². The first-order chi connectivity index (χ1) is 12.7. The predicted octanol–water partition coefficient (Wildman–Crippen LogP) is 1.26. The van der Waals surface area contributed by atoms with E-state index in [-0.39, 0.29) is 11.8 Å². The molecule has 2 aromatic heterocycles. The van der Waals surface area contributed by atoms with E-state index in [9.17, 15) is 4.79 Å². The molecule has 0 spiro atoms. The molecule has 0 saturated carbocycles. The van der Waals surface area contributed by atoms with Crippen LogP contribution in [0.4, 0.5) is 0 Å². The van der Waals surface area contributed by atoms with E-state index < -0.39 is 0 Å². The summed E-state index contributed by atoms with van der Waals surface area (Å²) in [7, 11) is 1.94. The zero-order valence-corrected chi connectivity index (χ0v) is 15.1. The largest absolute Gasteiger partial charge is 0.435 e.